The predicted molar refractivity (Wildman–Crippen MR) is 84.5 cm³/mol. The monoisotopic (exact) mass is 285 g/mol. The minimum atomic E-state index is 0.546. The third kappa shape index (κ3) is 2.02. The molecule has 0 spiro atoms. The van der Waals surface area contributed by atoms with E-state index in [0.717, 1.165) is 31.0 Å². The molecule has 1 saturated carbocycles. The number of nitrogens with one attached hydrogen (secondary N) is 1. The van der Waals surface area contributed by atoms with Crippen LogP contribution in [0.4, 0.5) is 5.82 Å². The molecule has 0 aromatic carbocycles. The molecular weight excluding hydrogens is 262 g/mol. The van der Waals surface area contributed by atoms with Gasteiger partial charge in [-0.2, -0.15) is 0 Å². The SMILES string of the molecule is CC1CCNc2ncnc3c2c1cn3C1CCC(CN)C1. The van der Waals surface area contributed by atoms with Gasteiger partial charge in [-0.1, -0.05) is 6.92 Å². The molecule has 2 aliphatic rings. The van der Waals surface area contributed by atoms with E-state index in [4.69, 9.17) is 5.73 Å². The van der Waals surface area contributed by atoms with Crippen molar-refractivity contribution in [2.24, 2.45) is 11.7 Å². The molecular formula is C16H23N5. The standard InChI is InChI=1S/C16H23N5/c1-10-4-5-18-15-14-13(10)8-21(16(14)20-9-19-15)12-3-2-11(6-12)7-17/h8-12H,2-7,17H2,1H3,(H,18,19,20). The second-order valence-corrected chi connectivity index (χ2v) is 6.60. The Hall–Kier alpha value is -1.62. The van der Waals surface area contributed by atoms with Crippen LogP contribution in [-0.2, 0) is 0 Å². The number of hydrogen-bond acceptors (Lipinski definition) is 4. The minimum Gasteiger partial charge on any atom is -0.369 e. The molecule has 5 heteroatoms. The van der Waals surface area contributed by atoms with Gasteiger partial charge >= 0.3 is 0 Å². The zero-order valence-electron chi connectivity index (χ0n) is 12.5. The molecule has 2 aromatic rings. The van der Waals surface area contributed by atoms with E-state index >= 15 is 0 Å². The van der Waals surface area contributed by atoms with Crippen molar-refractivity contribution < 1.29 is 0 Å². The van der Waals surface area contributed by atoms with Crippen LogP contribution in [0.2, 0.25) is 0 Å². The molecule has 5 nitrogen and oxygen atoms in total. The zero-order chi connectivity index (χ0) is 14.4. The van der Waals surface area contributed by atoms with Gasteiger partial charge in [0.25, 0.3) is 0 Å². The first kappa shape index (κ1) is 13.1. The van der Waals surface area contributed by atoms with Gasteiger partial charge in [0.15, 0.2) is 0 Å². The fourth-order valence-corrected chi connectivity index (χ4v) is 3.98. The van der Waals surface area contributed by atoms with E-state index in [1.807, 2.05) is 0 Å². The lowest BCUT2D eigenvalue weighted by Crippen LogP contribution is -2.12. The van der Waals surface area contributed by atoms with Gasteiger partial charge in [0.05, 0.1) is 5.39 Å². The summed E-state index contributed by atoms with van der Waals surface area (Å²) in [6.45, 7) is 4.10. The van der Waals surface area contributed by atoms with Crippen LogP contribution in [0, 0.1) is 5.92 Å². The highest BCUT2D eigenvalue weighted by atomic mass is 15.1. The maximum atomic E-state index is 5.85. The van der Waals surface area contributed by atoms with Crippen molar-refractivity contribution in [2.75, 3.05) is 18.4 Å². The van der Waals surface area contributed by atoms with Crippen LogP contribution in [0.5, 0.6) is 0 Å². The van der Waals surface area contributed by atoms with Gasteiger partial charge in [0.1, 0.15) is 17.8 Å². The van der Waals surface area contributed by atoms with E-state index in [2.05, 4.69) is 33.0 Å². The maximum absolute atomic E-state index is 5.85. The van der Waals surface area contributed by atoms with Gasteiger partial charge < -0.3 is 15.6 Å². The molecule has 112 valence electrons. The maximum Gasteiger partial charge on any atom is 0.146 e. The van der Waals surface area contributed by atoms with E-state index < -0.39 is 0 Å². The topological polar surface area (TPSA) is 68.8 Å². The first-order chi connectivity index (χ1) is 10.3. The summed E-state index contributed by atoms with van der Waals surface area (Å²) >= 11 is 0. The summed E-state index contributed by atoms with van der Waals surface area (Å²) in [5, 5.41) is 4.69. The summed E-state index contributed by atoms with van der Waals surface area (Å²) in [5.74, 6) is 2.23. The summed E-state index contributed by atoms with van der Waals surface area (Å²) in [5.41, 5.74) is 8.35. The highest BCUT2D eigenvalue weighted by Crippen LogP contribution is 2.40. The van der Waals surface area contributed by atoms with Crippen LogP contribution in [0.15, 0.2) is 12.5 Å². The van der Waals surface area contributed by atoms with Gasteiger partial charge in [-0.05, 0) is 49.6 Å². The number of hydrogen-bond donors (Lipinski definition) is 2. The lowest BCUT2D eigenvalue weighted by atomic mass is 10.00. The molecule has 1 fully saturated rings. The molecule has 0 amide bonds. The lowest BCUT2D eigenvalue weighted by Gasteiger charge is -2.14. The summed E-state index contributed by atoms with van der Waals surface area (Å²) in [6.07, 6.45) is 8.81. The van der Waals surface area contributed by atoms with Gasteiger partial charge in [-0.3, -0.25) is 0 Å². The average Bonchev–Trinajstić information content (AvgIpc) is 3.07. The van der Waals surface area contributed by atoms with Crippen molar-refractivity contribution in [2.45, 2.75) is 44.6 Å². The lowest BCUT2D eigenvalue weighted by molar-refractivity contribution is 0.488. The van der Waals surface area contributed by atoms with Crippen LogP contribution in [-0.4, -0.2) is 27.6 Å². The Kier molecular flexibility index (Phi) is 3.10. The fourth-order valence-electron chi connectivity index (χ4n) is 3.98. The van der Waals surface area contributed by atoms with Crippen molar-refractivity contribution in [3.8, 4) is 0 Å². The zero-order valence-corrected chi connectivity index (χ0v) is 12.5. The third-order valence-electron chi connectivity index (χ3n) is 5.28. The van der Waals surface area contributed by atoms with Crippen LogP contribution in [0.25, 0.3) is 11.0 Å². The van der Waals surface area contributed by atoms with Gasteiger partial charge in [-0.15, -0.1) is 0 Å². The molecule has 2 aromatic heterocycles. The molecule has 3 unspecified atom stereocenters. The summed E-state index contributed by atoms with van der Waals surface area (Å²) in [7, 11) is 0. The van der Waals surface area contributed by atoms with Gasteiger partial charge in [0, 0.05) is 18.8 Å². The Morgan fingerprint density at radius 3 is 3.05 bits per heavy atom. The largest absolute Gasteiger partial charge is 0.369 e. The molecule has 1 aliphatic heterocycles. The van der Waals surface area contributed by atoms with E-state index in [1.165, 1.54) is 30.2 Å². The quantitative estimate of drug-likeness (QED) is 0.890. The first-order valence-corrected chi connectivity index (χ1v) is 8.07. The van der Waals surface area contributed by atoms with Crippen LogP contribution in [0.3, 0.4) is 0 Å². The molecule has 4 rings (SSSR count). The number of nitrogens with two attached hydrogens (primary N) is 1. The van der Waals surface area contributed by atoms with Crippen LogP contribution in [0.1, 0.15) is 50.1 Å². The van der Waals surface area contributed by atoms with E-state index in [9.17, 15) is 0 Å². The Balaban J connectivity index is 1.84. The molecule has 0 bridgehead atoms. The molecule has 3 atom stereocenters. The average molecular weight is 285 g/mol. The highest BCUT2D eigenvalue weighted by molar-refractivity contribution is 5.91. The van der Waals surface area contributed by atoms with Crippen molar-refractivity contribution in [1.29, 1.82) is 0 Å². The molecule has 0 saturated heterocycles. The smallest absolute Gasteiger partial charge is 0.146 e. The van der Waals surface area contributed by atoms with Gasteiger partial charge in [-0.25, -0.2) is 9.97 Å². The normalized spacial score (nSPS) is 28.6. The highest BCUT2D eigenvalue weighted by Gasteiger charge is 2.29. The second kappa shape index (κ2) is 4.98. The molecule has 1 aliphatic carbocycles. The molecule has 3 N–H and O–H groups in total. The Labute approximate surface area is 124 Å². The van der Waals surface area contributed by atoms with Crippen LogP contribution < -0.4 is 11.1 Å². The number of anilines is 1. The van der Waals surface area contributed by atoms with Gasteiger partial charge in [0.2, 0.25) is 0 Å². The van der Waals surface area contributed by atoms with Crippen molar-refractivity contribution in [1.82, 2.24) is 14.5 Å². The third-order valence-corrected chi connectivity index (χ3v) is 5.28. The fraction of sp³-hybridized carbons (Fsp3) is 0.625. The Morgan fingerprint density at radius 1 is 1.33 bits per heavy atom. The van der Waals surface area contributed by atoms with E-state index in [1.54, 1.807) is 6.33 Å². The molecule has 21 heavy (non-hydrogen) atoms. The molecule has 3 heterocycles. The van der Waals surface area contributed by atoms with E-state index in [-0.39, 0.29) is 0 Å². The summed E-state index contributed by atoms with van der Waals surface area (Å²) in [6, 6.07) is 0.546. The summed E-state index contributed by atoms with van der Waals surface area (Å²) in [4.78, 5) is 9.04. The van der Waals surface area contributed by atoms with Crippen molar-refractivity contribution in [3.63, 3.8) is 0 Å². The number of rotatable bonds is 2. The Bertz CT molecular complexity index is 662. The predicted octanol–water partition coefficient (Wildman–Crippen LogP) is 2.65. The second-order valence-electron chi connectivity index (χ2n) is 6.60. The molecule has 0 radical (unpaired) electrons. The minimum absolute atomic E-state index is 0.546. The first-order valence-electron chi connectivity index (χ1n) is 8.07. The number of aromatic nitrogens is 3. The van der Waals surface area contributed by atoms with Crippen molar-refractivity contribution in [3.05, 3.63) is 18.1 Å². The van der Waals surface area contributed by atoms with Crippen molar-refractivity contribution >= 4 is 16.9 Å². The Morgan fingerprint density at radius 2 is 2.24 bits per heavy atom. The summed E-state index contributed by atoms with van der Waals surface area (Å²) < 4.78 is 2.40. The van der Waals surface area contributed by atoms with E-state index in [0.29, 0.717) is 17.9 Å². The van der Waals surface area contributed by atoms with Crippen LogP contribution >= 0.6 is 0 Å². The number of nitrogens with zero attached hydrogens (tertiary/aromatic N) is 3.